The molecule has 0 aliphatic heterocycles. The number of carbonyl (C=O) groups excluding carboxylic acids is 1. The van der Waals surface area contributed by atoms with Gasteiger partial charge in [0.25, 0.3) is 0 Å². The van der Waals surface area contributed by atoms with Crippen LogP contribution in [-0.2, 0) is 18.4 Å². The fourth-order valence-corrected chi connectivity index (χ4v) is 10.3. The van der Waals surface area contributed by atoms with E-state index in [9.17, 15) is 19.4 Å². The van der Waals surface area contributed by atoms with Gasteiger partial charge in [0.05, 0.1) is 39.9 Å². The molecule has 3 unspecified atom stereocenters. The quantitative estimate of drug-likeness (QED) is 0.0243. The highest BCUT2D eigenvalue weighted by Gasteiger charge is 2.28. The fraction of sp³-hybridized carbons (Fsp3) is 0.736. The minimum Gasteiger partial charge on any atom is -0.391 e. The van der Waals surface area contributed by atoms with Gasteiger partial charge >= 0.3 is 7.82 Å². The van der Waals surface area contributed by atoms with E-state index in [1.807, 2.05) is 21.1 Å². The van der Waals surface area contributed by atoms with Crippen molar-refractivity contribution < 1.29 is 32.9 Å². The van der Waals surface area contributed by atoms with Crippen LogP contribution in [0, 0.1) is 0 Å². The van der Waals surface area contributed by atoms with Gasteiger partial charge in [0.15, 0.2) is 0 Å². The van der Waals surface area contributed by atoms with Gasteiger partial charge in [-0.3, -0.25) is 13.8 Å². The van der Waals surface area contributed by atoms with Crippen molar-refractivity contribution >= 4 is 13.7 Å². The Bertz CT molecular complexity index is 1690. The Balaban J connectivity index is 4.19. The predicted molar refractivity (Wildman–Crippen MR) is 355 cm³/mol. The molecule has 8 nitrogen and oxygen atoms in total. The van der Waals surface area contributed by atoms with E-state index in [0.717, 1.165) is 103 Å². The zero-order chi connectivity index (χ0) is 59.1. The molecule has 0 aromatic carbocycles. The SMILES string of the molecule is CC/C=C\C/C=C\C/C=C\C/C=C\C/C=C\C/C=C\C/C=C\C/C=C\C/C=C\CCCCCC(=O)NC(COP(=O)(O)OCC[N+](C)(C)C)C(O)CCCCCCCCCCCCCCCCCCCCCCCCCCCCCC. The summed E-state index contributed by atoms with van der Waals surface area (Å²) in [6, 6.07) is -0.789. The van der Waals surface area contributed by atoms with Gasteiger partial charge in [0.1, 0.15) is 13.2 Å². The number of allylic oxidation sites excluding steroid dienone is 18. The highest BCUT2D eigenvalue weighted by molar-refractivity contribution is 7.47. The molecular formula is C72H130N2O6P+. The van der Waals surface area contributed by atoms with Crippen molar-refractivity contribution in [3.05, 3.63) is 109 Å². The second-order valence-corrected chi connectivity index (χ2v) is 25.3. The number of likely N-dealkylation sites (N-methyl/N-ethyl adjacent to an activating group) is 1. The number of phosphoric acid groups is 1. The minimum atomic E-state index is -4.35. The first-order valence-electron chi connectivity index (χ1n) is 33.8. The number of nitrogens with one attached hydrogen (secondary N) is 1. The second-order valence-electron chi connectivity index (χ2n) is 23.8. The first kappa shape index (κ1) is 78.2. The lowest BCUT2D eigenvalue weighted by Gasteiger charge is -2.26. The number of hydrogen-bond acceptors (Lipinski definition) is 5. The maximum Gasteiger partial charge on any atom is 0.472 e. The van der Waals surface area contributed by atoms with Crippen LogP contribution < -0.4 is 5.32 Å². The van der Waals surface area contributed by atoms with Crippen LogP contribution in [-0.4, -0.2) is 73.4 Å². The van der Waals surface area contributed by atoms with Crippen LogP contribution >= 0.6 is 7.82 Å². The molecule has 3 atom stereocenters. The van der Waals surface area contributed by atoms with Crippen LogP contribution in [0.25, 0.3) is 0 Å². The standard InChI is InChI=1S/C72H129N2O6P/c1-6-8-10-12-14-16-18-20-22-24-26-28-30-32-34-36-37-38-40-42-44-46-48-50-52-54-56-58-60-62-64-66-72(76)73-70(69-80-81(77,78)79-68-67-74(3,4)5)71(75)65-63-61-59-57-55-53-51-49-47-45-43-41-39-35-33-31-29-27-25-23-21-19-17-15-13-11-9-7-2/h8,10,14,16,20,22,26,28,32,34,37-38,42,44,48,50,54,56,70-71,75H,6-7,9,11-13,15,17-19,21,23-25,27,29-31,33,35-36,39-41,43,45-47,49,51-53,55,57-69H2,1-5H3,(H-,73,76,77,78)/p+1/b10-8-,16-14-,22-20-,28-26-,34-32-,38-37-,44-42-,50-48-,56-54-. The molecule has 0 aromatic rings. The number of amides is 1. The number of aliphatic hydroxyl groups excluding tert-OH is 1. The topological polar surface area (TPSA) is 105 Å². The van der Waals surface area contributed by atoms with Crippen molar-refractivity contribution in [2.24, 2.45) is 0 Å². The fourth-order valence-electron chi connectivity index (χ4n) is 9.57. The van der Waals surface area contributed by atoms with Gasteiger partial charge in [-0.05, 0) is 83.5 Å². The number of nitrogens with zero attached hydrogens (tertiary/aromatic N) is 1. The highest BCUT2D eigenvalue weighted by atomic mass is 31.2. The Hall–Kier alpha value is -2.84. The number of rotatable bonds is 61. The third-order valence-corrected chi connectivity index (χ3v) is 15.8. The molecule has 0 saturated carbocycles. The number of unbranched alkanes of at least 4 members (excludes halogenated alkanes) is 30. The molecule has 0 spiro atoms. The van der Waals surface area contributed by atoms with Gasteiger partial charge in [-0.25, -0.2) is 4.57 Å². The summed E-state index contributed by atoms with van der Waals surface area (Å²) in [7, 11) is 1.58. The lowest BCUT2D eigenvalue weighted by Crippen LogP contribution is -2.46. The molecule has 0 radical (unpaired) electrons. The van der Waals surface area contributed by atoms with E-state index in [0.29, 0.717) is 23.9 Å². The van der Waals surface area contributed by atoms with Crippen LogP contribution in [0.4, 0.5) is 0 Å². The Morgan fingerprint density at radius 1 is 0.432 bits per heavy atom. The van der Waals surface area contributed by atoms with Crippen molar-refractivity contribution in [3.63, 3.8) is 0 Å². The van der Waals surface area contributed by atoms with Gasteiger partial charge in [0, 0.05) is 6.42 Å². The lowest BCUT2D eigenvalue weighted by molar-refractivity contribution is -0.870. The molecular weight excluding hydrogens is 1020 g/mol. The van der Waals surface area contributed by atoms with Gasteiger partial charge in [-0.1, -0.05) is 309 Å². The van der Waals surface area contributed by atoms with Crippen molar-refractivity contribution in [3.8, 4) is 0 Å². The highest BCUT2D eigenvalue weighted by Crippen LogP contribution is 2.43. The van der Waals surface area contributed by atoms with Crippen LogP contribution in [0.1, 0.15) is 290 Å². The zero-order valence-electron chi connectivity index (χ0n) is 53.5. The predicted octanol–water partition coefficient (Wildman–Crippen LogP) is 21.5. The van der Waals surface area contributed by atoms with E-state index in [1.165, 1.54) is 161 Å². The monoisotopic (exact) mass is 1150 g/mol. The third kappa shape index (κ3) is 64.6. The molecule has 0 aromatic heterocycles. The van der Waals surface area contributed by atoms with E-state index in [-0.39, 0.29) is 19.1 Å². The van der Waals surface area contributed by atoms with Gasteiger partial charge < -0.3 is 19.8 Å². The van der Waals surface area contributed by atoms with Crippen LogP contribution in [0.5, 0.6) is 0 Å². The molecule has 468 valence electrons. The molecule has 0 saturated heterocycles. The maximum absolute atomic E-state index is 13.0. The third-order valence-electron chi connectivity index (χ3n) is 14.8. The summed E-state index contributed by atoms with van der Waals surface area (Å²) in [4.78, 5) is 23.4. The van der Waals surface area contributed by atoms with Gasteiger partial charge in [-0.15, -0.1) is 0 Å². The molecule has 0 aliphatic carbocycles. The summed E-state index contributed by atoms with van der Waals surface area (Å²) in [5.74, 6) is -0.177. The molecule has 1 amide bonds. The van der Waals surface area contributed by atoms with Crippen molar-refractivity contribution in [2.75, 3.05) is 40.9 Å². The van der Waals surface area contributed by atoms with Gasteiger partial charge in [-0.2, -0.15) is 0 Å². The van der Waals surface area contributed by atoms with Crippen LogP contribution in [0.3, 0.4) is 0 Å². The van der Waals surface area contributed by atoms with E-state index in [2.05, 4.69) is 129 Å². The van der Waals surface area contributed by atoms with E-state index < -0.39 is 20.0 Å². The molecule has 0 aliphatic rings. The summed E-state index contributed by atoms with van der Waals surface area (Å²) in [6.07, 6.45) is 90.4. The normalized spacial score (nSPS) is 14.4. The Morgan fingerprint density at radius 3 is 1.07 bits per heavy atom. The molecule has 81 heavy (non-hydrogen) atoms. The number of aliphatic hydroxyl groups is 1. The van der Waals surface area contributed by atoms with Crippen LogP contribution in [0.15, 0.2) is 109 Å². The first-order valence-corrected chi connectivity index (χ1v) is 35.2. The molecule has 0 fully saturated rings. The lowest BCUT2D eigenvalue weighted by atomic mass is 10.0. The number of quaternary nitrogens is 1. The minimum absolute atomic E-state index is 0.0623. The number of hydrogen-bond donors (Lipinski definition) is 3. The second kappa shape index (κ2) is 61.7. The molecule has 0 bridgehead atoms. The average molecular weight is 1150 g/mol. The summed E-state index contributed by atoms with van der Waals surface area (Å²) >= 11 is 0. The molecule has 9 heteroatoms. The Morgan fingerprint density at radius 2 is 0.741 bits per heavy atom. The molecule has 3 N–H and O–H groups in total. The van der Waals surface area contributed by atoms with Crippen molar-refractivity contribution in [1.82, 2.24) is 5.32 Å². The number of carbonyl (C=O) groups is 1. The van der Waals surface area contributed by atoms with E-state index >= 15 is 0 Å². The zero-order valence-corrected chi connectivity index (χ0v) is 54.4. The summed E-state index contributed by atoms with van der Waals surface area (Å²) in [5, 5.41) is 14.1. The van der Waals surface area contributed by atoms with Crippen molar-refractivity contribution in [1.29, 1.82) is 0 Å². The number of phosphoric ester groups is 1. The summed E-state index contributed by atoms with van der Waals surface area (Å²) in [6.45, 7) is 4.77. The first-order chi connectivity index (χ1) is 39.5. The van der Waals surface area contributed by atoms with Gasteiger partial charge in [0.2, 0.25) is 5.91 Å². The summed E-state index contributed by atoms with van der Waals surface area (Å²) < 4.78 is 23.9. The van der Waals surface area contributed by atoms with E-state index in [4.69, 9.17) is 9.05 Å². The Labute approximate surface area is 501 Å². The smallest absolute Gasteiger partial charge is 0.391 e. The summed E-state index contributed by atoms with van der Waals surface area (Å²) in [5.41, 5.74) is 0. The maximum atomic E-state index is 13.0. The molecule has 0 rings (SSSR count). The molecule has 0 heterocycles. The van der Waals surface area contributed by atoms with Crippen LogP contribution in [0.2, 0.25) is 0 Å². The average Bonchev–Trinajstić information content (AvgIpc) is 3.43. The Kier molecular flexibility index (Phi) is 59.5. The largest absolute Gasteiger partial charge is 0.472 e. The van der Waals surface area contributed by atoms with Crippen molar-refractivity contribution in [2.45, 2.75) is 302 Å². The van der Waals surface area contributed by atoms with E-state index in [1.54, 1.807) is 0 Å².